The molecular weight excluding hydrogens is 310 g/mol. The molecule has 142 valence electrons. The predicted molar refractivity (Wildman–Crippen MR) is 106 cm³/mol. The van der Waals surface area contributed by atoms with E-state index >= 15 is 0 Å². The fourth-order valence-corrected chi connectivity index (χ4v) is 4.20. The number of likely N-dealkylation sites (tertiary alicyclic amines) is 1. The van der Waals surface area contributed by atoms with Gasteiger partial charge in [0.05, 0.1) is 5.69 Å². The standard InChI is InChI=1S/C20H37N5/c1-7-17(8-2)18-11-13-25(14-18)20(21-9-3)22-12-10-19-15(4)23-24(6)16(19)5/h17-18H,7-14H2,1-6H3,(H,21,22). The van der Waals surface area contributed by atoms with Gasteiger partial charge in [-0.15, -0.1) is 0 Å². The van der Waals surface area contributed by atoms with Gasteiger partial charge < -0.3 is 10.2 Å². The molecule has 1 N–H and O–H groups in total. The molecule has 1 fully saturated rings. The summed E-state index contributed by atoms with van der Waals surface area (Å²) in [6.45, 7) is 15.1. The summed E-state index contributed by atoms with van der Waals surface area (Å²) in [5, 5.41) is 8.01. The van der Waals surface area contributed by atoms with Crippen LogP contribution in [0.1, 0.15) is 57.0 Å². The molecule has 0 amide bonds. The monoisotopic (exact) mass is 347 g/mol. The highest BCUT2D eigenvalue weighted by Crippen LogP contribution is 2.28. The van der Waals surface area contributed by atoms with E-state index in [2.05, 4.69) is 49.9 Å². The quantitative estimate of drug-likeness (QED) is 0.608. The van der Waals surface area contributed by atoms with Crippen LogP contribution in [-0.4, -0.2) is 46.8 Å². The molecule has 0 aliphatic carbocycles. The van der Waals surface area contributed by atoms with Gasteiger partial charge in [0.2, 0.25) is 0 Å². The summed E-state index contributed by atoms with van der Waals surface area (Å²) in [6, 6.07) is 0. The molecule has 25 heavy (non-hydrogen) atoms. The van der Waals surface area contributed by atoms with Gasteiger partial charge in [-0.1, -0.05) is 26.7 Å². The molecule has 1 saturated heterocycles. The van der Waals surface area contributed by atoms with Gasteiger partial charge >= 0.3 is 0 Å². The summed E-state index contributed by atoms with van der Waals surface area (Å²) in [4.78, 5) is 7.39. The maximum atomic E-state index is 4.92. The van der Waals surface area contributed by atoms with Gasteiger partial charge in [-0.05, 0) is 51.0 Å². The van der Waals surface area contributed by atoms with Crippen molar-refractivity contribution in [3.8, 4) is 0 Å². The van der Waals surface area contributed by atoms with Crippen molar-refractivity contribution in [2.24, 2.45) is 23.9 Å². The molecule has 0 bridgehead atoms. The van der Waals surface area contributed by atoms with Gasteiger partial charge in [0.15, 0.2) is 5.96 Å². The molecule has 1 aliphatic heterocycles. The number of guanidine groups is 1. The third-order valence-electron chi connectivity index (χ3n) is 5.86. The zero-order valence-corrected chi connectivity index (χ0v) is 17.1. The van der Waals surface area contributed by atoms with E-state index in [1.165, 1.54) is 30.5 Å². The maximum Gasteiger partial charge on any atom is 0.193 e. The number of rotatable bonds is 7. The molecular formula is C20H37N5. The third kappa shape index (κ3) is 4.77. The molecule has 5 nitrogen and oxygen atoms in total. The van der Waals surface area contributed by atoms with E-state index in [1.54, 1.807) is 0 Å². The van der Waals surface area contributed by atoms with Crippen LogP contribution in [0.4, 0.5) is 0 Å². The maximum absolute atomic E-state index is 4.92. The third-order valence-corrected chi connectivity index (χ3v) is 5.86. The Morgan fingerprint density at radius 3 is 2.56 bits per heavy atom. The number of nitrogens with zero attached hydrogens (tertiary/aromatic N) is 4. The van der Waals surface area contributed by atoms with E-state index in [1.807, 2.05) is 11.7 Å². The van der Waals surface area contributed by atoms with E-state index in [-0.39, 0.29) is 0 Å². The molecule has 0 aromatic carbocycles. The number of nitrogens with one attached hydrogen (secondary N) is 1. The van der Waals surface area contributed by atoms with Gasteiger partial charge in [-0.2, -0.15) is 5.10 Å². The van der Waals surface area contributed by atoms with Crippen LogP contribution in [0.15, 0.2) is 4.99 Å². The van der Waals surface area contributed by atoms with E-state index in [9.17, 15) is 0 Å². The Morgan fingerprint density at radius 1 is 1.28 bits per heavy atom. The van der Waals surface area contributed by atoms with E-state index in [4.69, 9.17) is 4.99 Å². The van der Waals surface area contributed by atoms with Crippen molar-refractivity contribution in [3.63, 3.8) is 0 Å². The first kappa shape index (κ1) is 19.8. The molecule has 5 heteroatoms. The number of hydrogen-bond acceptors (Lipinski definition) is 2. The predicted octanol–water partition coefficient (Wildman–Crippen LogP) is 3.30. The summed E-state index contributed by atoms with van der Waals surface area (Å²) < 4.78 is 1.97. The summed E-state index contributed by atoms with van der Waals surface area (Å²) in [5.41, 5.74) is 3.74. The first-order valence-electron chi connectivity index (χ1n) is 10.0. The van der Waals surface area contributed by atoms with Crippen LogP contribution >= 0.6 is 0 Å². The minimum absolute atomic E-state index is 0.821. The van der Waals surface area contributed by atoms with Gasteiger partial charge in [0.1, 0.15) is 0 Å². The summed E-state index contributed by atoms with van der Waals surface area (Å²) >= 11 is 0. The van der Waals surface area contributed by atoms with Crippen molar-refractivity contribution in [1.82, 2.24) is 20.0 Å². The lowest BCUT2D eigenvalue weighted by Crippen LogP contribution is -2.40. The lowest BCUT2D eigenvalue weighted by molar-refractivity contribution is 0.319. The average Bonchev–Trinajstić information content (AvgIpc) is 3.16. The smallest absolute Gasteiger partial charge is 0.193 e. The van der Waals surface area contributed by atoms with Crippen LogP contribution in [0.5, 0.6) is 0 Å². The molecule has 1 aliphatic rings. The van der Waals surface area contributed by atoms with Crippen LogP contribution in [0.2, 0.25) is 0 Å². The molecule has 1 atom stereocenters. The summed E-state index contributed by atoms with van der Waals surface area (Å²) in [6.07, 6.45) is 4.85. The van der Waals surface area contributed by atoms with Crippen molar-refractivity contribution in [2.45, 2.75) is 60.3 Å². The van der Waals surface area contributed by atoms with Crippen molar-refractivity contribution >= 4 is 5.96 Å². The Labute approximate surface area is 153 Å². The normalized spacial score (nSPS) is 18.4. The summed E-state index contributed by atoms with van der Waals surface area (Å²) in [7, 11) is 2.02. The molecule has 0 radical (unpaired) electrons. The molecule has 1 aromatic heterocycles. The first-order chi connectivity index (χ1) is 12.0. The highest BCUT2D eigenvalue weighted by molar-refractivity contribution is 5.80. The van der Waals surface area contributed by atoms with Crippen LogP contribution < -0.4 is 5.32 Å². The minimum Gasteiger partial charge on any atom is -0.357 e. The molecule has 1 unspecified atom stereocenters. The summed E-state index contributed by atoms with van der Waals surface area (Å²) in [5.74, 6) is 2.77. The lowest BCUT2D eigenvalue weighted by atomic mass is 9.87. The largest absolute Gasteiger partial charge is 0.357 e. The Hall–Kier alpha value is -1.52. The lowest BCUT2D eigenvalue weighted by Gasteiger charge is -2.24. The number of aliphatic imine (C=N–C) groups is 1. The van der Waals surface area contributed by atoms with Crippen molar-refractivity contribution < 1.29 is 0 Å². The second-order valence-electron chi connectivity index (χ2n) is 7.33. The second kappa shape index (κ2) is 9.25. The average molecular weight is 348 g/mol. The first-order valence-corrected chi connectivity index (χ1v) is 10.0. The molecule has 0 saturated carbocycles. The fourth-order valence-electron chi connectivity index (χ4n) is 4.20. The minimum atomic E-state index is 0.821. The SMILES string of the molecule is CCNC(=NCCc1c(C)nn(C)c1C)N1CCC(C(CC)CC)C1. The van der Waals surface area contributed by atoms with Gasteiger partial charge in [0, 0.05) is 38.9 Å². The Kier molecular flexibility index (Phi) is 7.33. The Bertz CT molecular complexity index is 571. The Balaban J connectivity index is 1.99. The van der Waals surface area contributed by atoms with E-state index < -0.39 is 0 Å². The van der Waals surface area contributed by atoms with E-state index in [0.717, 1.165) is 56.1 Å². The topological polar surface area (TPSA) is 45.5 Å². The fraction of sp³-hybridized carbons (Fsp3) is 0.800. The molecule has 2 heterocycles. The second-order valence-corrected chi connectivity index (χ2v) is 7.33. The van der Waals surface area contributed by atoms with E-state index in [0.29, 0.717) is 0 Å². The van der Waals surface area contributed by atoms with Gasteiger partial charge in [-0.3, -0.25) is 9.67 Å². The number of aryl methyl sites for hydroxylation is 2. The zero-order chi connectivity index (χ0) is 18.4. The zero-order valence-electron chi connectivity index (χ0n) is 17.1. The molecule has 0 spiro atoms. The Morgan fingerprint density at radius 2 is 2.00 bits per heavy atom. The van der Waals surface area contributed by atoms with Gasteiger partial charge in [0.25, 0.3) is 0 Å². The number of aromatic nitrogens is 2. The van der Waals surface area contributed by atoms with Crippen LogP contribution in [0.25, 0.3) is 0 Å². The van der Waals surface area contributed by atoms with Crippen molar-refractivity contribution in [2.75, 3.05) is 26.2 Å². The van der Waals surface area contributed by atoms with Crippen LogP contribution in [0, 0.1) is 25.7 Å². The molecule has 1 aromatic rings. The highest BCUT2D eigenvalue weighted by Gasteiger charge is 2.29. The van der Waals surface area contributed by atoms with Crippen molar-refractivity contribution in [3.05, 3.63) is 17.0 Å². The van der Waals surface area contributed by atoms with Crippen molar-refractivity contribution in [1.29, 1.82) is 0 Å². The van der Waals surface area contributed by atoms with Gasteiger partial charge in [-0.25, -0.2) is 0 Å². The van der Waals surface area contributed by atoms with Crippen LogP contribution in [0.3, 0.4) is 0 Å². The van der Waals surface area contributed by atoms with Crippen LogP contribution in [-0.2, 0) is 13.5 Å². The number of hydrogen-bond donors (Lipinski definition) is 1. The molecule has 2 rings (SSSR count). The highest BCUT2D eigenvalue weighted by atomic mass is 15.3.